The number of nitrogens with zero attached hydrogens (tertiary/aromatic N) is 2. The summed E-state index contributed by atoms with van der Waals surface area (Å²) in [5, 5.41) is 1.67. The molecule has 2 atom stereocenters. The van der Waals surface area contributed by atoms with Gasteiger partial charge in [-0.25, -0.2) is 4.39 Å². The van der Waals surface area contributed by atoms with Crippen LogP contribution in [0.15, 0.2) is 72.8 Å². The highest BCUT2D eigenvalue weighted by Crippen LogP contribution is 2.49. The highest BCUT2D eigenvalue weighted by molar-refractivity contribution is 6.31. The van der Waals surface area contributed by atoms with Crippen molar-refractivity contribution in [3.05, 3.63) is 106 Å². The maximum absolute atomic E-state index is 14.1. The molecular formula is C29H25ClFN3O2. The Morgan fingerprint density at radius 1 is 1.03 bits per heavy atom. The molecule has 0 bridgehead atoms. The lowest BCUT2D eigenvalue weighted by atomic mass is 9.76. The van der Waals surface area contributed by atoms with E-state index < -0.39 is 5.54 Å². The zero-order valence-electron chi connectivity index (χ0n) is 19.8. The molecule has 0 aliphatic carbocycles. The van der Waals surface area contributed by atoms with E-state index in [2.05, 4.69) is 11.1 Å². The number of rotatable bonds is 4. The summed E-state index contributed by atoms with van der Waals surface area (Å²) in [6.45, 7) is 2.60. The van der Waals surface area contributed by atoms with Gasteiger partial charge in [0, 0.05) is 34.9 Å². The normalized spacial score (nSPS) is 21.6. The molecule has 2 aliphatic heterocycles. The Kier molecular flexibility index (Phi) is 5.38. The van der Waals surface area contributed by atoms with Crippen LogP contribution in [-0.2, 0) is 21.5 Å². The van der Waals surface area contributed by atoms with Gasteiger partial charge >= 0.3 is 0 Å². The molecule has 1 fully saturated rings. The average Bonchev–Trinajstić information content (AvgIpc) is 3.28. The second kappa shape index (κ2) is 8.49. The molecule has 4 aromatic rings. The molecule has 2 aliphatic rings. The number of halogens is 2. The molecule has 0 unspecified atom stereocenters. The van der Waals surface area contributed by atoms with E-state index in [-0.39, 0.29) is 30.1 Å². The fourth-order valence-corrected chi connectivity index (χ4v) is 6.08. The quantitative estimate of drug-likeness (QED) is 0.416. The summed E-state index contributed by atoms with van der Waals surface area (Å²) < 4.78 is 13.3. The van der Waals surface area contributed by atoms with Gasteiger partial charge in [0.25, 0.3) is 5.91 Å². The van der Waals surface area contributed by atoms with Crippen molar-refractivity contribution in [2.45, 2.75) is 24.8 Å². The van der Waals surface area contributed by atoms with Crippen molar-refractivity contribution in [2.24, 2.45) is 0 Å². The summed E-state index contributed by atoms with van der Waals surface area (Å²) in [6, 6.07) is 21.9. The summed E-state index contributed by atoms with van der Waals surface area (Å²) >= 11 is 6.64. The predicted octanol–water partition coefficient (Wildman–Crippen LogP) is 5.23. The number of amides is 2. The van der Waals surface area contributed by atoms with Gasteiger partial charge in [-0.15, -0.1) is 0 Å². The van der Waals surface area contributed by atoms with Crippen molar-refractivity contribution < 1.29 is 14.0 Å². The van der Waals surface area contributed by atoms with Gasteiger partial charge in [0.05, 0.1) is 12.2 Å². The molecule has 6 rings (SSSR count). The fraction of sp³-hybridized carbons (Fsp3) is 0.241. The summed E-state index contributed by atoms with van der Waals surface area (Å²) in [6.07, 6.45) is 0.539. The van der Waals surface area contributed by atoms with Gasteiger partial charge in [0.2, 0.25) is 5.91 Å². The minimum atomic E-state index is -1.16. The van der Waals surface area contributed by atoms with Crippen molar-refractivity contribution >= 4 is 34.3 Å². The SMILES string of the molecule is C[C@]12C(=O)N(CCc3ccc(F)cc3)CC(=O)N1C[C@H](c1ccccc1Cl)c1c2[nH]c2ccccc12. The molecule has 2 amide bonds. The molecule has 1 aromatic heterocycles. The first-order chi connectivity index (χ1) is 17.4. The first kappa shape index (κ1) is 22.8. The number of aromatic nitrogens is 1. The van der Waals surface area contributed by atoms with Crippen LogP contribution in [0.1, 0.15) is 35.2 Å². The molecule has 36 heavy (non-hydrogen) atoms. The minimum Gasteiger partial charge on any atom is -0.356 e. The number of benzene rings is 3. The molecule has 5 nitrogen and oxygen atoms in total. The minimum absolute atomic E-state index is 0.0143. The lowest BCUT2D eigenvalue weighted by molar-refractivity contribution is -0.166. The van der Waals surface area contributed by atoms with Gasteiger partial charge in [-0.2, -0.15) is 0 Å². The molecule has 7 heteroatoms. The smallest absolute Gasteiger partial charge is 0.254 e. The molecule has 0 spiro atoms. The Morgan fingerprint density at radius 3 is 2.53 bits per heavy atom. The van der Waals surface area contributed by atoms with Crippen LogP contribution in [0.2, 0.25) is 5.02 Å². The van der Waals surface area contributed by atoms with E-state index in [1.54, 1.807) is 21.9 Å². The Bertz CT molecular complexity index is 1500. The van der Waals surface area contributed by atoms with Crippen molar-refractivity contribution in [1.29, 1.82) is 0 Å². The first-order valence-electron chi connectivity index (χ1n) is 12.1. The number of hydrogen-bond donors (Lipinski definition) is 1. The number of piperazine rings is 1. The number of carbonyl (C=O) groups is 2. The van der Waals surface area contributed by atoms with E-state index in [0.29, 0.717) is 24.5 Å². The number of fused-ring (bicyclic) bond motifs is 5. The fourth-order valence-electron chi connectivity index (χ4n) is 5.81. The van der Waals surface area contributed by atoms with E-state index in [1.165, 1.54) is 12.1 Å². The molecule has 1 saturated heterocycles. The highest BCUT2D eigenvalue weighted by Gasteiger charge is 2.56. The van der Waals surface area contributed by atoms with E-state index in [9.17, 15) is 14.0 Å². The van der Waals surface area contributed by atoms with Gasteiger partial charge in [-0.3, -0.25) is 9.59 Å². The second-order valence-electron chi connectivity index (χ2n) is 9.71. The van der Waals surface area contributed by atoms with Gasteiger partial charge in [-0.1, -0.05) is 60.1 Å². The van der Waals surface area contributed by atoms with Crippen molar-refractivity contribution in [2.75, 3.05) is 19.6 Å². The van der Waals surface area contributed by atoms with E-state index in [4.69, 9.17) is 11.6 Å². The Labute approximate surface area is 213 Å². The zero-order chi connectivity index (χ0) is 25.0. The molecule has 3 aromatic carbocycles. The van der Waals surface area contributed by atoms with Crippen LogP contribution >= 0.6 is 11.6 Å². The van der Waals surface area contributed by atoms with E-state index in [1.807, 2.05) is 49.4 Å². The molecule has 0 saturated carbocycles. The third kappa shape index (κ3) is 3.43. The summed E-state index contributed by atoms with van der Waals surface area (Å²) in [4.78, 5) is 34.5. The Balaban J connectivity index is 1.44. The first-order valence-corrected chi connectivity index (χ1v) is 12.5. The molecule has 1 N–H and O–H groups in total. The van der Waals surface area contributed by atoms with Gasteiger partial charge < -0.3 is 14.8 Å². The Hall–Kier alpha value is -3.64. The van der Waals surface area contributed by atoms with Gasteiger partial charge in [0.1, 0.15) is 5.82 Å². The van der Waals surface area contributed by atoms with Crippen LogP contribution < -0.4 is 0 Å². The third-order valence-corrected chi connectivity index (χ3v) is 8.03. The Morgan fingerprint density at radius 2 is 1.75 bits per heavy atom. The predicted molar refractivity (Wildman–Crippen MR) is 137 cm³/mol. The topological polar surface area (TPSA) is 56.4 Å². The lowest BCUT2D eigenvalue weighted by Gasteiger charge is -2.51. The molecule has 3 heterocycles. The largest absolute Gasteiger partial charge is 0.356 e. The summed E-state index contributed by atoms with van der Waals surface area (Å²) in [5.41, 5.74) is 3.36. The number of H-pyrrole nitrogens is 1. The van der Waals surface area contributed by atoms with Crippen LogP contribution in [-0.4, -0.2) is 46.2 Å². The van der Waals surface area contributed by atoms with Gasteiger partial charge in [0.15, 0.2) is 5.54 Å². The number of para-hydroxylation sites is 1. The second-order valence-corrected chi connectivity index (χ2v) is 10.1. The average molecular weight is 502 g/mol. The monoisotopic (exact) mass is 501 g/mol. The maximum Gasteiger partial charge on any atom is 0.254 e. The number of hydrogen-bond acceptors (Lipinski definition) is 2. The molecular weight excluding hydrogens is 477 g/mol. The molecule has 0 radical (unpaired) electrons. The van der Waals surface area contributed by atoms with Crippen molar-refractivity contribution in [1.82, 2.24) is 14.8 Å². The molecule has 182 valence electrons. The van der Waals surface area contributed by atoms with Crippen LogP contribution in [0.5, 0.6) is 0 Å². The van der Waals surface area contributed by atoms with Crippen LogP contribution in [0.3, 0.4) is 0 Å². The maximum atomic E-state index is 14.1. The van der Waals surface area contributed by atoms with Crippen LogP contribution in [0.25, 0.3) is 10.9 Å². The standard InChI is InChI=1S/C29H25ClFN3O2/c1-29-27-26(21-7-3-5-9-24(21)32-27)22(20-6-2-4-8-23(20)30)16-34(29)25(35)17-33(28(29)36)15-14-18-10-12-19(31)13-11-18/h2-13,22,32H,14-17H2,1H3/t22-,29+/m1/s1. The van der Waals surface area contributed by atoms with E-state index >= 15 is 0 Å². The van der Waals surface area contributed by atoms with E-state index in [0.717, 1.165) is 33.3 Å². The van der Waals surface area contributed by atoms with Gasteiger partial charge in [-0.05, 0) is 54.3 Å². The lowest BCUT2D eigenvalue weighted by Crippen LogP contribution is -2.67. The summed E-state index contributed by atoms with van der Waals surface area (Å²) in [7, 11) is 0. The van der Waals surface area contributed by atoms with Crippen molar-refractivity contribution in [3.63, 3.8) is 0 Å². The number of aromatic amines is 1. The summed E-state index contributed by atoms with van der Waals surface area (Å²) in [5.74, 6) is -0.680. The highest BCUT2D eigenvalue weighted by atomic mass is 35.5. The number of carbonyl (C=O) groups excluding carboxylic acids is 2. The third-order valence-electron chi connectivity index (χ3n) is 7.68. The van der Waals surface area contributed by atoms with Crippen molar-refractivity contribution in [3.8, 4) is 0 Å². The van der Waals surface area contributed by atoms with Crippen LogP contribution in [0.4, 0.5) is 4.39 Å². The zero-order valence-corrected chi connectivity index (χ0v) is 20.6. The van der Waals surface area contributed by atoms with Crippen LogP contribution in [0, 0.1) is 5.82 Å². The number of nitrogens with one attached hydrogen (secondary N) is 1.